The summed E-state index contributed by atoms with van der Waals surface area (Å²) in [5, 5.41) is 12.2. The van der Waals surface area contributed by atoms with Crippen LogP contribution in [0.2, 0.25) is 0 Å². The first kappa shape index (κ1) is 16.0. The molecule has 0 saturated heterocycles. The summed E-state index contributed by atoms with van der Waals surface area (Å²) in [5.41, 5.74) is 0.347. The summed E-state index contributed by atoms with van der Waals surface area (Å²) >= 11 is 0. The van der Waals surface area contributed by atoms with E-state index in [1.807, 2.05) is 13.8 Å². The van der Waals surface area contributed by atoms with Gasteiger partial charge in [0, 0.05) is 18.7 Å². The van der Waals surface area contributed by atoms with E-state index in [-0.39, 0.29) is 24.6 Å². The molecule has 0 fully saturated rings. The van der Waals surface area contributed by atoms with Crippen LogP contribution in [0.1, 0.15) is 38.8 Å². The lowest BCUT2D eigenvalue weighted by atomic mass is 9.98. The molecule has 0 spiro atoms. The zero-order valence-electron chi connectivity index (χ0n) is 11.4. The number of aliphatic hydroxyl groups excluding tert-OH is 1. The quantitative estimate of drug-likeness (QED) is 0.782. The summed E-state index contributed by atoms with van der Waals surface area (Å²) in [5.74, 6) is -3.56. The van der Waals surface area contributed by atoms with Gasteiger partial charge in [-0.2, -0.15) is 0 Å². The summed E-state index contributed by atoms with van der Waals surface area (Å²) in [7, 11) is 0. The Morgan fingerprint density at radius 3 is 2.05 bits per heavy atom. The molecule has 0 bridgehead atoms. The fourth-order valence-electron chi connectivity index (χ4n) is 1.99. The monoisotopic (exact) mass is 275 g/mol. The molecule has 0 aliphatic heterocycles. The highest BCUT2D eigenvalue weighted by atomic mass is 19.2. The van der Waals surface area contributed by atoms with Gasteiger partial charge in [0.05, 0.1) is 0 Å². The Morgan fingerprint density at radius 2 is 1.63 bits per heavy atom. The number of aliphatic hydroxyl groups is 1. The van der Waals surface area contributed by atoms with Crippen LogP contribution in [-0.4, -0.2) is 17.8 Å². The second kappa shape index (κ2) is 6.91. The number of nitrogens with one attached hydrogen (secondary N) is 1. The van der Waals surface area contributed by atoms with Gasteiger partial charge in [0.15, 0.2) is 17.5 Å². The lowest BCUT2D eigenvalue weighted by molar-refractivity contribution is 0.237. The van der Waals surface area contributed by atoms with Crippen LogP contribution in [0.3, 0.4) is 0 Å². The Kier molecular flexibility index (Phi) is 5.82. The van der Waals surface area contributed by atoms with E-state index in [1.54, 1.807) is 6.92 Å². The van der Waals surface area contributed by atoms with Crippen molar-refractivity contribution in [1.29, 1.82) is 0 Å². The number of hydrogen-bond acceptors (Lipinski definition) is 2. The van der Waals surface area contributed by atoms with Crippen molar-refractivity contribution < 1.29 is 18.3 Å². The van der Waals surface area contributed by atoms with Crippen molar-refractivity contribution in [3.8, 4) is 0 Å². The van der Waals surface area contributed by atoms with Crippen LogP contribution in [0.15, 0.2) is 12.1 Å². The minimum atomic E-state index is -1.45. The number of rotatable bonds is 6. The molecule has 1 aromatic rings. The highest BCUT2D eigenvalue weighted by molar-refractivity contribution is 5.22. The van der Waals surface area contributed by atoms with Gasteiger partial charge in [0.2, 0.25) is 0 Å². The average molecular weight is 275 g/mol. The molecule has 5 heteroatoms. The first-order chi connectivity index (χ1) is 8.86. The molecule has 0 saturated carbocycles. The maximum absolute atomic E-state index is 13.2. The third-order valence-electron chi connectivity index (χ3n) is 3.22. The van der Waals surface area contributed by atoms with Crippen LogP contribution < -0.4 is 5.32 Å². The van der Waals surface area contributed by atoms with Crippen molar-refractivity contribution in [3.05, 3.63) is 35.1 Å². The van der Waals surface area contributed by atoms with E-state index in [2.05, 4.69) is 5.32 Å². The summed E-state index contributed by atoms with van der Waals surface area (Å²) in [6.45, 7) is 5.77. The lowest BCUT2D eigenvalue weighted by Crippen LogP contribution is -2.36. The molecule has 0 aliphatic rings. The molecule has 0 heterocycles. The molecule has 0 aliphatic carbocycles. The van der Waals surface area contributed by atoms with Gasteiger partial charge in [0.1, 0.15) is 0 Å². The molecule has 0 amide bonds. The second-order valence-electron chi connectivity index (χ2n) is 5.05. The van der Waals surface area contributed by atoms with Crippen molar-refractivity contribution in [2.45, 2.75) is 39.3 Å². The van der Waals surface area contributed by atoms with E-state index in [4.69, 9.17) is 5.11 Å². The fourth-order valence-corrected chi connectivity index (χ4v) is 1.99. The Balaban J connectivity index is 2.85. The first-order valence-corrected chi connectivity index (χ1v) is 6.38. The van der Waals surface area contributed by atoms with Crippen LogP contribution in [0.5, 0.6) is 0 Å². The van der Waals surface area contributed by atoms with Crippen molar-refractivity contribution in [3.63, 3.8) is 0 Å². The Morgan fingerprint density at radius 1 is 1.11 bits per heavy atom. The second-order valence-corrected chi connectivity index (χ2v) is 5.05. The molecule has 2 nitrogen and oxygen atoms in total. The van der Waals surface area contributed by atoms with Crippen LogP contribution in [0.4, 0.5) is 13.2 Å². The summed E-state index contributed by atoms with van der Waals surface area (Å²) < 4.78 is 39.2. The van der Waals surface area contributed by atoms with Crippen LogP contribution in [-0.2, 0) is 0 Å². The topological polar surface area (TPSA) is 32.3 Å². The molecular formula is C14H20F3NO. The Hall–Kier alpha value is -1.07. The summed E-state index contributed by atoms with van der Waals surface area (Å²) in [6, 6.07) is 1.68. The highest BCUT2D eigenvalue weighted by Crippen LogP contribution is 2.21. The Bertz CT molecular complexity index is 400. The molecule has 0 radical (unpaired) electrons. The van der Waals surface area contributed by atoms with E-state index in [1.165, 1.54) is 0 Å². The fraction of sp³-hybridized carbons (Fsp3) is 0.571. The zero-order valence-corrected chi connectivity index (χ0v) is 11.4. The minimum Gasteiger partial charge on any atom is -0.396 e. The maximum Gasteiger partial charge on any atom is 0.194 e. The predicted molar refractivity (Wildman–Crippen MR) is 68.2 cm³/mol. The Labute approximate surface area is 111 Å². The number of hydrogen-bond donors (Lipinski definition) is 2. The van der Waals surface area contributed by atoms with E-state index in [0.29, 0.717) is 12.0 Å². The molecule has 1 aromatic carbocycles. The average Bonchev–Trinajstić information content (AvgIpc) is 2.34. The van der Waals surface area contributed by atoms with E-state index >= 15 is 0 Å². The van der Waals surface area contributed by atoms with Crippen LogP contribution in [0, 0.1) is 23.4 Å². The number of halogens is 3. The van der Waals surface area contributed by atoms with Gasteiger partial charge in [-0.25, -0.2) is 13.2 Å². The summed E-state index contributed by atoms with van der Waals surface area (Å²) in [6.07, 6.45) is 0.550. The molecule has 2 atom stereocenters. The summed E-state index contributed by atoms with van der Waals surface area (Å²) in [4.78, 5) is 0. The van der Waals surface area contributed by atoms with Gasteiger partial charge in [0.25, 0.3) is 0 Å². The standard InChI is InChI=1S/C14H20F3NO/c1-8(2)13(4-5-19)18-9(3)10-6-11(15)14(17)12(16)7-10/h6-9,13,18-19H,4-5H2,1-3H3. The van der Waals surface area contributed by atoms with Gasteiger partial charge in [-0.05, 0) is 37.0 Å². The SMILES string of the molecule is CC(NC(CCO)C(C)C)c1cc(F)c(F)c(F)c1. The third kappa shape index (κ3) is 4.21. The van der Waals surface area contributed by atoms with Crippen molar-refractivity contribution in [2.75, 3.05) is 6.61 Å². The van der Waals surface area contributed by atoms with Gasteiger partial charge in [-0.1, -0.05) is 13.8 Å². The molecule has 108 valence electrons. The largest absolute Gasteiger partial charge is 0.396 e. The molecule has 19 heavy (non-hydrogen) atoms. The van der Waals surface area contributed by atoms with Crippen molar-refractivity contribution in [1.82, 2.24) is 5.32 Å². The lowest BCUT2D eigenvalue weighted by Gasteiger charge is -2.26. The first-order valence-electron chi connectivity index (χ1n) is 6.38. The molecular weight excluding hydrogens is 255 g/mol. The van der Waals surface area contributed by atoms with Gasteiger partial charge in [-0.3, -0.25) is 0 Å². The zero-order chi connectivity index (χ0) is 14.6. The molecule has 1 rings (SSSR count). The van der Waals surface area contributed by atoms with E-state index in [0.717, 1.165) is 12.1 Å². The van der Waals surface area contributed by atoms with Crippen molar-refractivity contribution >= 4 is 0 Å². The molecule has 0 aromatic heterocycles. The highest BCUT2D eigenvalue weighted by Gasteiger charge is 2.19. The van der Waals surface area contributed by atoms with Crippen LogP contribution >= 0.6 is 0 Å². The maximum atomic E-state index is 13.2. The minimum absolute atomic E-state index is 0.0242. The van der Waals surface area contributed by atoms with Gasteiger partial charge in [-0.15, -0.1) is 0 Å². The normalized spacial score (nSPS) is 14.7. The van der Waals surface area contributed by atoms with Crippen LogP contribution in [0.25, 0.3) is 0 Å². The van der Waals surface area contributed by atoms with E-state index < -0.39 is 17.5 Å². The predicted octanol–water partition coefficient (Wildman–Crippen LogP) is 3.16. The molecule has 2 N–H and O–H groups in total. The van der Waals surface area contributed by atoms with E-state index in [9.17, 15) is 13.2 Å². The third-order valence-corrected chi connectivity index (χ3v) is 3.22. The van der Waals surface area contributed by atoms with Gasteiger partial charge < -0.3 is 10.4 Å². The molecule has 2 unspecified atom stereocenters. The smallest absolute Gasteiger partial charge is 0.194 e. The van der Waals surface area contributed by atoms with Crippen molar-refractivity contribution in [2.24, 2.45) is 5.92 Å². The van der Waals surface area contributed by atoms with Gasteiger partial charge >= 0.3 is 0 Å². The number of benzene rings is 1.